The van der Waals surface area contributed by atoms with Crippen molar-refractivity contribution >= 4 is 23.5 Å². The Labute approximate surface area is 145 Å². The molecule has 0 bridgehead atoms. The van der Waals surface area contributed by atoms with E-state index in [9.17, 15) is 9.59 Å². The van der Waals surface area contributed by atoms with Crippen LogP contribution in [0.2, 0.25) is 5.02 Å². The Morgan fingerprint density at radius 2 is 2.04 bits per heavy atom. The topological polar surface area (TPSA) is 68.7 Å². The van der Waals surface area contributed by atoms with E-state index in [0.717, 1.165) is 0 Å². The number of amides is 1. The second-order valence-electron chi connectivity index (χ2n) is 4.96. The van der Waals surface area contributed by atoms with Gasteiger partial charge in [0.05, 0.1) is 19.2 Å². The SMILES string of the molecule is COC(=O)c1ccc(C(=O)N(C)CCOc2cccc(Cl)c2)nc1. The lowest BCUT2D eigenvalue weighted by molar-refractivity contribution is 0.0599. The highest BCUT2D eigenvalue weighted by Crippen LogP contribution is 2.17. The lowest BCUT2D eigenvalue weighted by atomic mass is 10.2. The highest BCUT2D eigenvalue weighted by atomic mass is 35.5. The first-order valence-corrected chi connectivity index (χ1v) is 7.57. The van der Waals surface area contributed by atoms with E-state index in [0.29, 0.717) is 29.5 Å². The predicted octanol–water partition coefficient (Wildman–Crippen LogP) is 2.67. The first-order chi connectivity index (χ1) is 11.5. The van der Waals surface area contributed by atoms with Gasteiger partial charge in [0.15, 0.2) is 0 Å². The molecule has 0 aliphatic rings. The second-order valence-corrected chi connectivity index (χ2v) is 5.39. The maximum Gasteiger partial charge on any atom is 0.339 e. The monoisotopic (exact) mass is 348 g/mol. The number of nitrogens with zero attached hydrogens (tertiary/aromatic N) is 2. The average molecular weight is 349 g/mol. The largest absolute Gasteiger partial charge is 0.492 e. The van der Waals surface area contributed by atoms with Crippen LogP contribution in [0.1, 0.15) is 20.8 Å². The number of ether oxygens (including phenoxy) is 2. The normalized spacial score (nSPS) is 10.1. The Hall–Kier alpha value is -2.60. The van der Waals surface area contributed by atoms with Crippen LogP contribution in [0.3, 0.4) is 0 Å². The maximum absolute atomic E-state index is 12.3. The van der Waals surface area contributed by atoms with Crippen LogP contribution in [0.5, 0.6) is 5.75 Å². The minimum atomic E-state index is -0.496. The number of pyridine rings is 1. The molecule has 0 saturated carbocycles. The highest BCUT2D eigenvalue weighted by molar-refractivity contribution is 6.30. The summed E-state index contributed by atoms with van der Waals surface area (Å²) in [5, 5.41) is 0.590. The summed E-state index contributed by atoms with van der Waals surface area (Å²) in [5.41, 5.74) is 0.536. The second kappa shape index (κ2) is 8.31. The van der Waals surface area contributed by atoms with Crippen molar-refractivity contribution in [2.75, 3.05) is 27.3 Å². The number of esters is 1. The fraction of sp³-hybridized carbons (Fsp3) is 0.235. The Balaban J connectivity index is 1.88. The Morgan fingerprint density at radius 1 is 1.25 bits per heavy atom. The van der Waals surface area contributed by atoms with Crippen molar-refractivity contribution in [2.24, 2.45) is 0 Å². The van der Waals surface area contributed by atoms with Gasteiger partial charge in [0.1, 0.15) is 18.1 Å². The van der Waals surface area contributed by atoms with E-state index in [-0.39, 0.29) is 11.6 Å². The lowest BCUT2D eigenvalue weighted by Gasteiger charge is -2.17. The minimum Gasteiger partial charge on any atom is -0.492 e. The lowest BCUT2D eigenvalue weighted by Crippen LogP contribution is -2.31. The van der Waals surface area contributed by atoms with E-state index in [2.05, 4.69) is 9.72 Å². The molecule has 6 nitrogen and oxygen atoms in total. The zero-order valence-electron chi connectivity index (χ0n) is 13.4. The molecule has 2 rings (SSSR count). The number of carbonyl (C=O) groups excluding carboxylic acids is 2. The predicted molar refractivity (Wildman–Crippen MR) is 89.5 cm³/mol. The maximum atomic E-state index is 12.3. The van der Waals surface area contributed by atoms with Crippen LogP contribution < -0.4 is 4.74 Å². The number of rotatable bonds is 6. The summed E-state index contributed by atoms with van der Waals surface area (Å²) >= 11 is 5.88. The molecule has 0 atom stereocenters. The van der Waals surface area contributed by atoms with E-state index in [1.807, 2.05) is 0 Å². The molecule has 1 heterocycles. The fourth-order valence-electron chi connectivity index (χ4n) is 1.91. The Bertz CT molecular complexity index is 719. The molecule has 1 amide bonds. The molecular formula is C17H17ClN2O4. The number of carbonyl (C=O) groups is 2. The summed E-state index contributed by atoms with van der Waals surface area (Å²) in [4.78, 5) is 29.1. The van der Waals surface area contributed by atoms with Crippen LogP contribution in [-0.4, -0.2) is 49.1 Å². The zero-order valence-corrected chi connectivity index (χ0v) is 14.1. The summed E-state index contributed by atoms with van der Waals surface area (Å²) in [6.45, 7) is 0.703. The number of benzene rings is 1. The van der Waals surface area contributed by atoms with E-state index >= 15 is 0 Å². The molecule has 126 valence electrons. The standard InChI is InChI=1S/C17H17ClN2O4/c1-20(8-9-24-14-5-3-4-13(18)10-14)16(21)15-7-6-12(11-19-15)17(22)23-2/h3-7,10-11H,8-9H2,1-2H3. The summed E-state index contributed by atoms with van der Waals surface area (Å²) in [5.74, 6) is -0.116. The average Bonchev–Trinajstić information content (AvgIpc) is 2.60. The minimum absolute atomic E-state index is 0.243. The van der Waals surface area contributed by atoms with Crippen molar-refractivity contribution in [1.82, 2.24) is 9.88 Å². The molecule has 0 radical (unpaired) electrons. The van der Waals surface area contributed by atoms with E-state index in [1.54, 1.807) is 31.3 Å². The van der Waals surface area contributed by atoms with Gasteiger partial charge in [-0.05, 0) is 30.3 Å². The van der Waals surface area contributed by atoms with Gasteiger partial charge in [0, 0.05) is 18.3 Å². The van der Waals surface area contributed by atoms with Crippen molar-refractivity contribution in [3.63, 3.8) is 0 Å². The number of likely N-dealkylation sites (N-methyl/N-ethyl adjacent to an activating group) is 1. The number of halogens is 1. The van der Waals surface area contributed by atoms with Crippen LogP contribution in [0.4, 0.5) is 0 Å². The van der Waals surface area contributed by atoms with Crippen molar-refractivity contribution in [1.29, 1.82) is 0 Å². The molecule has 0 aliphatic heterocycles. The molecule has 0 fully saturated rings. The molecule has 1 aromatic heterocycles. The van der Waals surface area contributed by atoms with E-state index in [4.69, 9.17) is 16.3 Å². The Kier molecular flexibility index (Phi) is 6.14. The first kappa shape index (κ1) is 17.7. The molecule has 24 heavy (non-hydrogen) atoms. The number of hydrogen-bond acceptors (Lipinski definition) is 5. The molecule has 0 aliphatic carbocycles. The van der Waals surface area contributed by atoms with Crippen LogP contribution >= 0.6 is 11.6 Å². The van der Waals surface area contributed by atoms with Crippen molar-refractivity contribution < 1.29 is 19.1 Å². The third-order valence-electron chi connectivity index (χ3n) is 3.24. The van der Waals surface area contributed by atoms with Gasteiger partial charge < -0.3 is 14.4 Å². The number of hydrogen-bond donors (Lipinski definition) is 0. The van der Waals surface area contributed by atoms with Gasteiger partial charge in [-0.2, -0.15) is 0 Å². The molecule has 0 saturated heterocycles. The van der Waals surface area contributed by atoms with Crippen LogP contribution in [0.15, 0.2) is 42.6 Å². The van der Waals surface area contributed by atoms with Crippen molar-refractivity contribution in [2.45, 2.75) is 0 Å². The van der Waals surface area contributed by atoms with Gasteiger partial charge in [-0.3, -0.25) is 9.78 Å². The highest BCUT2D eigenvalue weighted by Gasteiger charge is 2.14. The zero-order chi connectivity index (χ0) is 17.5. The molecule has 1 aromatic carbocycles. The third-order valence-corrected chi connectivity index (χ3v) is 3.48. The van der Waals surface area contributed by atoms with E-state index < -0.39 is 5.97 Å². The summed E-state index contributed by atoms with van der Waals surface area (Å²) in [6, 6.07) is 10.0. The van der Waals surface area contributed by atoms with Gasteiger partial charge in [0.2, 0.25) is 0 Å². The van der Waals surface area contributed by atoms with Gasteiger partial charge >= 0.3 is 5.97 Å². The molecular weight excluding hydrogens is 332 g/mol. The summed E-state index contributed by atoms with van der Waals surface area (Å²) in [7, 11) is 2.94. The molecule has 0 N–H and O–H groups in total. The van der Waals surface area contributed by atoms with Gasteiger partial charge in [-0.25, -0.2) is 4.79 Å². The Morgan fingerprint density at radius 3 is 2.67 bits per heavy atom. The van der Waals surface area contributed by atoms with Crippen LogP contribution in [0.25, 0.3) is 0 Å². The van der Waals surface area contributed by atoms with Gasteiger partial charge in [-0.1, -0.05) is 17.7 Å². The van der Waals surface area contributed by atoms with E-state index in [1.165, 1.54) is 30.3 Å². The summed E-state index contributed by atoms with van der Waals surface area (Å²) < 4.78 is 10.1. The fourth-order valence-corrected chi connectivity index (χ4v) is 2.09. The van der Waals surface area contributed by atoms with Crippen molar-refractivity contribution in [3.05, 3.63) is 58.9 Å². The van der Waals surface area contributed by atoms with Crippen molar-refractivity contribution in [3.8, 4) is 5.75 Å². The number of methoxy groups -OCH3 is 1. The molecule has 0 spiro atoms. The molecule has 0 unspecified atom stereocenters. The van der Waals surface area contributed by atoms with Gasteiger partial charge in [-0.15, -0.1) is 0 Å². The quantitative estimate of drug-likeness (QED) is 0.751. The van der Waals surface area contributed by atoms with Crippen LogP contribution in [0, 0.1) is 0 Å². The summed E-state index contributed by atoms with van der Waals surface area (Å²) in [6.07, 6.45) is 1.31. The third kappa shape index (κ3) is 4.70. The first-order valence-electron chi connectivity index (χ1n) is 7.19. The molecule has 2 aromatic rings. The number of aromatic nitrogens is 1. The van der Waals surface area contributed by atoms with Crippen LogP contribution in [-0.2, 0) is 4.74 Å². The van der Waals surface area contributed by atoms with Gasteiger partial charge in [0.25, 0.3) is 5.91 Å². The smallest absolute Gasteiger partial charge is 0.339 e. The molecule has 7 heteroatoms.